The monoisotopic (exact) mass is 259 g/mol. The van der Waals surface area contributed by atoms with Crippen LogP contribution in [-0.4, -0.2) is 33.6 Å². The van der Waals surface area contributed by atoms with E-state index in [4.69, 9.17) is 0 Å². The largest absolute Gasteiger partial charge is 0.326 e. The van der Waals surface area contributed by atoms with E-state index in [2.05, 4.69) is 23.7 Å². The minimum absolute atomic E-state index is 0.0178. The summed E-state index contributed by atoms with van der Waals surface area (Å²) in [6.07, 6.45) is 1.18. The highest BCUT2D eigenvalue weighted by molar-refractivity contribution is 5.74. The van der Waals surface area contributed by atoms with Gasteiger partial charge in [-0.1, -0.05) is 12.1 Å². The molecule has 0 aliphatic carbocycles. The Morgan fingerprint density at radius 3 is 2.89 bits per heavy atom. The van der Waals surface area contributed by atoms with Crippen molar-refractivity contribution in [3.8, 4) is 0 Å². The van der Waals surface area contributed by atoms with Crippen LogP contribution in [-0.2, 0) is 6.54 Å². The highest BCUT2D eigenvalue weighted by Crippen LogP contribution is 2.21. The van der Waals surface area contributed by atoms with Crippen LogP contribution in [0.15, 0.2) is 29.1 Å². The number of aromatic amines is 1. The zero-order valence-corrected chi connectivity index (χ0v) is 11.6. The predicted molar refractivity (Wildman–Crippen MR) is 77.4 cm³/mol. The van der Waals surface area contributed by atoms with Crippen LogP contribution in [0, 0.1) is 5.92 Å². The molecule has 0 spiro atoms. The first-order valence-corrected chi connectivity index (χ1v) is 7.07. The molecule has 1 aliphatic rings. The van der Waals surface area contributed by atoms with Crippen LogP contribution < -0.4 is 5.69 Å². The summed E-state index contributed by atoms with van der Waals surface area (Å²) in [6, 6.07) is 8.52. The second-order valence-electron chi connectivity index (χ2n) is 5.80. The van der Waals surface area contributed by atoms with Crippen LogP contribution in [0.3, 0.4) is 0 Å². The zero-order chi connectivity index (χ0) is 13.4. The standard InChI is InChI=1S/C15H21N3O/c1-11(2)17-8-7-12(9-17)10-18-14-6-4-3-5-13(14)16-15(18)19/h3-6,11-12H,7-10H2,1-2H3,(H,16,19)/t12-/m1/s1. The molecule has 0 radical (unpaired) electrons. The lowest BCUT2D eigenvalue weighted by Gasteiger charge is -2.20. The number of fused-ring (bicyclic) bond motifs is 1. The van der Waals surface area contributed by atoms with E-state index in [-0.39, 0.29) is 5.69 Å². The molecular weight excluding hydrogens is 238 g/mol. The molecule has 102 valence electrons. The molecule has 1 aliphatic heterocycles. The lowest BCUT2D eigenvalue weighted by molar-refractivity contribution is 0.261. The van der Waals surface area contributed by atoms with Gasteiger partial charge in [-0.25, -0.2) is 4.79 Å². The summed E-state index contributed by atoms with van der Waals surface area (Å²) in [4.78, 5) is 17.5. The first kappa shape index (κ1) is 12.5. The van der Waals surface area contributed by atoms with Gasteiger partial charge in [0.25, 0.3) is 0 Å². The fourth-order valence-corrected chi connectivity index (χ4v) is 3.03. The number of rotatable bonds is 3. The van der Waals surface area contributed by atoms with Crippen LogP contribution in [0.25, 0.3) is 11.0 Å². The van der Waals surface area contributed by atoms with Crippen LogP contribution >= 0.6 is 0 Å². The first-order valence-electron chi connectivity index (χ1n) is 7.07. The number of nitrogens with zero attached hydrogens (tertiary/aromatic N) is 2. The molecule has 4 heteroatoms. The lowest BCUT2D eigenvalue weighted by Crippen LogP contribution is -2.29. The van der Waals surface area contributed by atoms with Gasteiger partial charge in [0, 0.05) is 19.1 Å². The van der Waals surface area contributed by atoms with E-state index in [1.54, 1.807) is 0 Å². The number of likely N-dealkylation sites (tertiary alicyclic amines) is 1. The van der Waals surface area contributed by atoms with Gasteiger partial charge in [-0.2, -0.15) is 0 Å². The van der Waals surface area contributed by atoms with Gasteiger partial charge in [-0.15, -0.1) is 0 Å². The van der Waals surface area contributed by atoms with Crippen molar-refractivity contribution in [1.29, 1.82) is 0 Å². The number of H-pyrrole nitrogens is 1. The summed E-state index contributed by atoms with van der Waals surface area (Å²) in [5.74, 6) is 0.583. The van der Waals surface area contributed by atoms with Crippen LogP contribution in [0.1, 0.15) is 20.3 Å². The summed E-state index contributed by atoms with van der Waals surface area (Å²) in [7, 11) is 0. The van der Waals surface area contributed by atoms with Crippen molar-refractivity contribution >= 4 is 11.0 Å². The molecule has 19 heavy (non-hydrogen) atoms. The molecule has 2 aromatic rings. The Hall–Kier alpha value is -1.55. The Bertz CT molecular complexity index is 626. The van der Waals surface area contributed by atoms with E-state index < -0.39 is 0 Å². The van der Waals surface area contributed by atoms with Gasteiger partial charge in [0.2, 0.25) is 0 Å². The number of nitrogens with one attached hydrogen (secondary N) is 1. The number of imidazole rings is 1. The van der Waals surface area contributed by atoms with Gasteiger partial charge < -0.3 is 9.88 Å². The van der Waals surface area contributed by atoms with Gasteiger partial charge in [-0.05, 0) is 44.9 Å². The van der Waals surface area contributed by atoms with Crippen molar-refractivity contribution in [3.05, 3.63) is 34.7 Å². The van der Waals surface area contributed by atoms with E-state index in [0.717, 1.165) is 30.7 Å². The Morgan fingerprint density at radius 2 is 2.16 bits per heavy atom. The predicted octanol–water partition coefficient (Wildman–Crippen LogP) is 2.06. The van der Waals surface area contributed by atoms with Gasteiger partial charge in [0.05, 0.1) is 11.0 Å². The van der Waals surface area contributed by atoms with Crippen LogP contribution in [0.4, 0.5) is 0 Å². The summed E-state index contributed by atoms with van der Waals surface area (Å²) >= 11 is 0. The molecule has 3 rings (SSSR count). The van der Waals surface area contributed by atoms with Crippen LogP contribution in [0.2, 0.25) is 0 Å². The van der Waals surface area contributed by atoms with Crippen molar-refractivity contribution in [2.75, 3.05) is 13.1 Å². The summed E-state index contributed by atoms with van der Waals surface area (Å²) < 4.78 is 1.89. The minimum Gasteiger partial charge on any atom is -0.306 e. The fourth-order valence-electron chi connectivity index (χ4n) is 3.03. The first-order chi connectivity index (χ1) is 9.15. The van der Waals surface area contributed by atoms with Gasteiger partial charge in [-0.3, -0.25) is 4.57 Å². The van der Waals surface area contributed by atoms with Crippen molar-refractivity contribution in [2.45, 2.75) is 32.9 Å². The number of hydrogen-bond donors (Lipinski definition) is 1. The third-order valence-electron chi connectivity index (χ3n) is 4.17. The maximum Gasteiger partial charge on any atom is 0.326 e. The smallest absolute Gasteiger partial charge is 0.306 e. The SMILES string of the molecule is CC(C)N1CC[C@@H](Cn2c(=O)[nH]c3ccccc32)C1. The second kappa shape index (κ2) is 4.85. The molecule has 2 heterocycles. The molecule has 1 atom stereocenters. The van der Waals surface area contributed by atoms with Crippen molar-refractivity contribution in [1.82, 2.24) is 14.5 Å². The Labute approximate surface area is 113 Å². The Morgan fingerprint density at radius 1 is 1.37 bits per heavy atom. The van der Waals surface area contributed by atoms with Gasteiger partial charge in [0.1, 0.15) is 0 Å². The van der Waals surface area contributed by atoms with Gasteiger partial charge >= 0.3 is 5.69 Å². The normalized spacial score (nSPS) is 20.7. The maximum absolute atomic E-state index is 12.0. The van der Waals surface area contributed by atoms with E-state index in [1.165, 1.54) is 6.42 Å². The zero-order valence-electron chi connectivity index (χ0n) is 11.6. The molecule has 1 aromatic heterocycles. The molecule has 0 saturated carbocycles. The number of hydrogen-bond acceptors (Lipinski definition) is 2. The third-order valence-corrected chi connectivity index (χ3v) is 4.17. The van der Waals surface area contributed by atoms with Crippen molar-refractivity contribution < 1.29 is 0 Å². The fraction of sp³-hybridized carbons (Fsp3) is 0.533. The third kappa shape index (κ3) is 2.32. The summed E-state index contributed by atoms with van der Waals surface area (Å²) in [5.41, 5.74) is 1.98. The van der Waals surface area contributed by atoms with Crippen molar-refractivity contribution in [2.24, 2.45) is 5.92 Å². The number of para-hydroxylation sites is 2. The minimum atomic E-state index is 0.0178. The highest BCUT2D eigenvalue weighted by atomic mass is 16.1. The topological polar surface area (TPSA) is 41.0 Å². The van der Waals surface area contributed by atoms with Crippen LogP contribution in [0.5, 0.6) is 0 Å². The molecular formula is C15H21N3O. The average molecular weight is 259 g/mol. The Kier molecular flexibility index (Phi) is 3.19. The quantitative estimate of drug-likeness (QED) is 0.916. The molecule has 0 bridgehead atoms. The molecule has 0 amide bonds. The molecule has 0 unspecified atom stereocenters. The summed E-state index contributed by atoms with van der Waals surface area (Å²) in [5, 5.41) is 0. The van der Waals surface area contributed by atoms with E-state index >= 15 is 0 Å². The van der Waals surface area contributed by atoms with E-state index in [1.807, 2.05) is 28.8 Å². The van der Waals surface area contributed by atoms with E-state index in [9.17, 15) is 4.79 Å². The molecule has 4 nitrogen and oxygen atoms in total. The molecule has 1 fully saturated rings. The summed E-state index contributed by atoms with van der Waals surface area (Å²) in [6.45, 7) is 7.55. The van der Waals surface area contributed by atoms with E-state index in [0.29, 0.717) is 12.0 Å². The van der Waals surface area contributed by atoms with Gasteiger partial charge in [0.15, 0.2) is 0 Å². The molecule has 1 saturated heterocycles. The van der Waals surface area contributed by atoms with Crippen molar-refractivity contribution in [3.63, 3.8) is 0 Å². The Balaban J connectivity index is 1.83. The average Bonchev–Trinajstić information content (AvgIpc) is 2.96. The maximum atomic E-state index is 12.0. The molecule has 1 aromatic carbocycles. The number of aromatic nitrogens is 2. The lowest BCUT2D eigenvalue weighted by atomic mass is 10.1. The highest BCUT2D eigenvalue weighted by Gasteiger charge is 2.25. The molecule has 1 N–H and O–H groups in total. The number of benzene rings is 1. The second-order valence-corrected chi connectivity index (χ2v) is 5.80.